The zero-order valence-corrected chi connectivity index (χ0v) is 21.0. The van der Waals surface area contributed by atoms with Crippen LogP contribution in [0.4, 0.5) is 16.2 Å². The number of likely N-dealkylation sites (tertiary alicyclic amines) is 1. The van der Waals surface area contributed by atoms with Gasteiger partial charge in [0.15, 0.2) is 0 Å². The summed E-state index contributed by atoms with van der Waals surface area (Å²) < 4.78 is 0. The van der Waals surface area contributed by atoms with Crippen LogP contribution in [0.2, 0.25) is 0 Å². The zero-order valence-electron chi connectivity index (χ0n) is 21.0. The van der Waals surface area contributed by atoms with Crippen LogP contribution < -0.4 is 15.5 Å². The molecule has 1 fully saturated rings. The molecule has 0 aromatic heterocycles. The van der Waals surface area contributed by atoms with Gasteiger partial charge in [0.1, 0.15) is 6.54 Å². The maximum absolute atomic E-state index is 13.9. The highest BCUT2D eigenvalue weighted by molar-refractivity contribution is 6.21. The van der Waals surface area contributed by atoms with Gasteiger partial charge in [-0.05, 0) is 37.1 Å². The van der Waals surface area contributed by atoms with Crippen molar-refractivity contribution < 1.29 is 24.3 Å². The number of carbonyl (C=O) groups is 4. The van der Waals surface area contributed by atoms with Crippen LogP contribution in [0.5, 0.6) is 0 Å². The molecule has 2 aliphatic rings. The van der Waals surface area contributed by atoms with Gasteiger partial charge in [-0.2, -0.15) is 0 Å². The number of fused-ring (bicyclic) bond motifs is 1. The minimum atomic E-state index is -1.35. The third-order valence-electron chi connectivity index (χ3n) is 6.64. The highest BCUT2D eigenvalue weighted by atomic mass is 16.4. The highest BCUT2D eigenvalue weighted by Crippen LogP contribution is 2.28. The van der Waals surface area contributed by atoms with Crippen molar-refractivity contribution in [2.24, 2.45) is 4.99 Å². The number of para-hydroxylation sites is 1. The summed E-state index contributed by atoms with van der Waals surface area (Å²) in [7, 11) is 0. The summed E-state index contributed by atoms with van der Waals surface area (Å²) in [6.45, 7) is 1.11. The van der Waals surface area contributed by atoms with Crippen LogP contribution in [0.3, 0.4) is 0 Å². The molecule has 10 nitrogen and oxygen atoms in total. The largest absolute Gasteiger partial charge is 0.478 e. The summed E-state index contributed by atoms with van der Waals surface area (Å²) in [5, 5.41) is 14.4. The molecule has 0 radical (unpaired) electrons. The number of aromatic carboxylic acids is 1. The van der Waals surface area contributed by atoms with Gasteiger partial charge in [0, 0.05) is 29.9 Å². The summed E-state index contributed by atoms with van der Waals surface area (Å²) in [6.07, 6.45) is 0.497. The fourth-order valence-corrected chi connectivity index (χ4v) is 4.74. The number of carboxylic acids is 1. The fourth-order valence-electron chi connectivity index (χ4n) is 4.74. The molecule has 0 aliphatic carbocycles. The van der Waals surface area contributed by atoms with Gasteiger partial charge < -0.3 is 20.6 Å². The number of nitrogens with one attached hydrogen (secondary N) is 2. The van der Waals surface area contributed by atoms with E-state index in [2.05, 4.69) is 15.6 Å². The third kappa shape index (κ3) is 5.64. The van der Waals surface area contributed by atoms with Crippen LogP contribution in [-0.4, -0.2) is 65.3 Å². The van der Waals surface area contributed by atoms with Gasteiger partial charge >= 0.3 is 12.0 Å². The van der Waals surface area contributed by atoms with Crippen LogP contribution in [0, 0.1) is 0 Å². The number of carbonyl (C=O) groups excluding carboxylic acids is 3. The minimum Gasteiger partial charge on any atom is -0.478 e. The second-order valence-electron chi connectivity index (χ2n) is 9.26. The van der Waals surface area contributed by atoms with Gasteiger partial charge in [0.25, 0.3) is 5.91 Å². The third-order valence-corrected chi connectivity index (χ3v) is 6.64. The van der Waals surface area contributed by atoms with E-state index in [0.717, 1.165) is 18.4 Å². The summed E-state index contributed by atoms with van der Waals surface area (Å²) in [5.74, 6) is -1.87. The van der Waals surface area contributed by atoms with E-state index in [9.17, 15) is 24.3 Å². The molecule has 0 saturated carbocycles. The van der Waals surface area contributed by atoms with Crippen molar-refractivity contribution in [3.63, 3.8) is 0 Å². The number of amides is 4. The zero-order chi connectivity index (χ0) is 27.4. The first kappa shape index (κ1) is 25.7. The van der Waals surface area contributed by atoms with Crippen molar-refractivity contribution in [3.05, 3.63) is 95.6 Å². The Bertz CT molecular complexity index is 1450. The lowest BCUT2D eigenvalue weighted by molar-refractivity contribution is -0.130. The Hall–Kier alpha value is -4.99. The van der Waals surface area contributed by atoms with E-state index < -0.39 is 24.1 Å². The van der Waals surface area contributed by atoms with Crippen molar-refractivity contribution in [1.82, 2.24) is 10.2 Å². The molecule has 2 heterocycles. The number of anilines is 2. The van der Waals surface area contributed by atoms with E-state index in [1.807, 2.05) is 42.5 Å². The standard InChI is InChI=1S/C29H27N5O5/c35-24(33-15-6-7-16-33)18-34-23-14-5-4-13-22(23)25(19-9-2-1-3-10-19)31-26(27(34)36)32-29(39)30-21-12-8-11-20(17-21)28(37)38/h1-5,8-14,17,26H,6-7,15-16,18H2,(H,37,38)(H2,30,32,39). The van der Waals surface area contributed by atoms with Gasteiger partial charge in [-0.1, -0.05) is 54.6 Å². The fraction of sp³-hybridized carbons (Fsp3) is 0.207. The molecule has 3 aromatic carbocycles. The average molecular weight is 526 g/mol. The Morgan fingerprint density at radius 3 is 2.38 bits per heavy atom. The van der Waals surface area contributed by atoms with E-state index in [0.29, 0.717) is 30.1 Å². The lowest BCUT2D eigenvalue weighted by Crippen LogP contribution is -2.51. The Morgan fingerprint density at radius 1 is 0.923 bits per heavy atom. The second kappa shape index (κ2) is 11.2. The average Bonchev–Trinajstić information content (AvgIpc) is 3.46. The number of benzodiazepines with no additional fused rings is 1. The number of aliphatic imine (C=N–C) groups is 1. The minimum absolute atomic E-state index is 0.00442. The van der Waals surface area contributed by atoms with Crippen molar-refractivity contribution in [1.29, 1.82) is 0 Å². The second-order valence-corrected chi connectivity index (χ2v) is 9.26. The summed E-state index contributed by atoms with van der Waals surface area (Å²) in [5.41, 5.74) is 2.66. The Morgan fingerprint density at radius 2 is 1.64 bits per heavy atom. The Kier molecular flexibility index (Phi) is 7.35. The quantitative estimate of drug-likeness (QED) is 0.454. The normalized spacial score (nSPS) is 16.7. The number of hydrogen-bond acceptors (Lipinski definition) is 5. The van der Waals surface area contributed by atoms with E-state index in [4.69, 9.17) is 0 Å². The molecule has 1 saturated heterocycles. The molecule has 2 aliphatic heterocycles. The molecule has 198 valence electrons. The van der Waals surface area contributed by atoms with E-state index in [1.165, 1.54) is 29.2 Å². The number of nitrogens with zero attached hydrogens (tertiary/aromatic N) is 3. The number of rotatable bonds is 6. The molecular formula is C29H27N5O5. The van der Waals surface area contributed by atoms with Crippen LogP contribution >= 0.6 is 0 Å². The van der Waals surface area contributed by atoms with Crippen LogP contribution in [-0.2, 0) is 9.59 Å². The summed E-state index contributed by atoms with van der Waals surface area (Å²) >= 11 is 0. The highest BCUT2D eigenvalue weighted by Gasteiger charge is 2.35. The molecular weight excluding hydrogens is 498 g/mol. The lowest BCUT2D eigenvalue weighted by Gasteiger charge is -2.27. The van der Waals surface area contributed by atoms with Crippen molar-refractivity contribution >= 4 is 40.9 Å². The first-order valence-corrected chi connectivity index (χ1v) is 12.6. The molecule has 1 atom stereocenters. The predicted molar refractivity (Wildman–Crippen MR) is 146 cm³/mol. The topological polar surface area (TPSA) is 131 Å². The number of benzene rings is 3. The van der Waals surface area contributed by atoms with E-state index in [1.54, 1.807) is 17.0 Å². The predicted octanol–water partition coefficient (Wildman–Crippen LogP) is 3.34. The molecule has 5 rings (SSSR count). The monoisotopic (exact) mass is 525 g/mol. The van der Waals surface area contributed by atoms with Crippen molar-refractivity contribution in [3.8, 4) is 0 Å². The molecule has 4 amide bonds. The van der Waals surface area contributed by atoms with Gasteiger partial charge in [-0.25, -0.2) is 14.6 Å². The van der Waals surface area contributed by atoms with Crippen molar-refractivity contribution in [2.75, 3.05) is 29.9 Å². The van der Waals surface area contributed by atoms with Crippen molar-refractivity contribution in [2.45, 2.75) is 19.0 Å². The Labute approximate surface area is 225 Å². The first-order chi connectivity index (χ1) is 18.9. The number of urea groups is 1. The molecule has 3 aromatic rings. The van der Waals surface area contributed by atoms with Crippen LogP contribution in [0.15, 0.2) is 83.9 Å². The van der Waals surface area contributed by atoms with Gasteiger partial charge in [0.2, 0.25) is 12.1 Å². The molecule has 1 unspecified atom stereocenters. The molecule has 10 heteroatoms. The molecule has 0 bridgehead atoms. The molecule has 0 spiro atoms. The first-order valence-electron chi connectivity index (χ1n) is 12.6. The van der Waals surface area contributed by atoms with E-state index >= 15 is 0 Å². The number of carboxylic acid groups (broad SMARTS) is 1. The van der Waals surface area contributed by atoms with Gasteiger partial charge in [0.05, 0.1) is 17.0 Å². The van der Waals surface area contributed by atoms with Crippen LogP contribution in [0.1, 0.15) is 34.3 Å². The number of hydrogen-bond donors (Lipinski definition) is 3. The van der Waals surface area contributed by atoms with Gasteiger partial charge in [-0.3, -0.25) is 14.5 Å². The van der Waals surface area contributed by atoms with Gasteiger partial charge in [-0.15, -0.1) is 0 Å². The Balaban J connectivity index is 1.49. The van der Waals surface area contributed by atoms with E-state index in [-0.39, 0.29) is 23.7 Å². The smallest absolute Gasteiger partial charge is 0.335 e. The summed E-state index contributed by atoms with van der Waals surface area (Å²) in [4.78, 5) is 59.1. The summed E-state index contributed by atoms with van der Waals surface area (Å²) in [6, 6.07) is 21.5. The lowest BCUT2D eigenvalue weighted by atomic mass is 10.0. The SMILES string of the molecule is O=C(Nc1cccc(C(=O)O)c1)NC1N=C(c2ccccc2)c2ccccc2N(CC(=O)N2CCCC2)C1=O. The molecule has 39 heavy (non-hydrogen) atoms. The molecule has 3 N–H and O–H groups in total. The maximum Gasteiger partial charge on any atom is 0.335 e. The maximum atomic E-state index is 13.9. The van der Waals surface area contributed by atoms with Crippen LogP contribution in [0.25, 0.3) is 0 Å².